The van der Waals surface area contributed by atoms with Gasteiger partial charge in [-0.05, 0) is 18.7 Å². The monoisotopic (exact) mass is 267 g/mol. The van der Waals surface area contributed by atoms with Gasteiger partial charge in [-0.1, -0.05) is 49.1 Å². The lowest BCUT2D eigenvalue weighted by Crippen LogP contribution is -2.37. The molecule has 1 unspecified atom stereocenters. The summed E-state index contributed by atoms with van der Waals surface area (Å²) in [7, 11) is -1.14. The van der Waals surface area contributed by atoms with Crippen LogP contribution in [0.25, 0.3) is 0 Å². The molecule has 1 aromatic carbocycles. The predicted octanol–water partition coefficient (Wildman–Crippen LogP) is 3.07. The van der Waals surface area contributed by atoms with Crippen LogP contribution in [0.4, 0.5) is 0 Å². The molecule has 0 radical (unpaired) electrons. The molecule has 0 fully saturated rings. The van der Waals surface area contributed by atoms with Crippen molar-refractivity contribution >= 4 is 25.0 Å². The number of benzene rings is 1. The molecular weight excluding hydrogens is 242 g/mol. The van der Waals surface area contributed by atoms with Crippen LogP contribution in [-0.4, -0.2) is 26.1 Å². The molecule has 1 N–H and O–H groups in total. The smallest absolute Gasteiger partial charge is 0.0775 e. The van der Waals surface area contributed by atoms with E-state index in [0.29, 0.717) is 6.04 Å². The first-order valence-corrected chi connectivity index (χ1v) is 11.1. The molecule has 0 bridgehead atoms. The number of hydrogen-bond donors (Lipinski definition) is 1. The average molecular weight is 268 g/mol. The van der Waals surface area contributed by atoms with Crippen LogP contribution < -0.4 is 10.5 Å². The fourth-order valence-electron chi connectivity index (χ4n) is 1.72. The van der Waals surface area contributed by atoms with Gasteiger partial charge in [0.1, 0.15) is 0 Å². The van der Waals surface area contributed by atoms with Crippen molar-refractivity contribution in [2.24, 2.45) is 0 Å². The minimum absolute atomic E-state index is 0.585. The van der Waals surface area contributed by atoms with E-state index in [2.05, 4.69) is 62.4 Å². The van der Waals surface area contributed by atoms with Crippen molar-refractivity contribution < 1.29 is 0 Å². The summed E-state index contributed by atoms with van der Waals surface area (Å²) in [5, 5.41) is 5.09. The maximum absolute atomic E-state index is 3.55. The SMILES string of the molecule is CSCC(C)NCc1ccc([Si](C)(C)C)cc1. The zero-order chi connectivity index (χ0) is 12.9. The molecule has 0 spiro atoms. The maximum atomic E-state index is 3.55. The summed E-state index contributed by atoms with van der Waals surface area (Å²) in [6.07, 6.45) is 2.15. The highest BCUT2D eigenvalue weighted by Gasteiger charge is 2.15. The number of rotatable bonds is 6. The van der Waals surface area contributed by atoms with E-state index in [1.54, 1.807) is 5.19 Å². The Morgan fingerprint density at radius 1 is 1.18 bits per heavy atom. The summed E-state index contributed by atoms with van der Waals surface area (Å²) in [6, 6.07) is 9.74. The summed E-state index contributed by atoms with van der Waals surface area (Å²) < 4.78 is 0. The van der Waals surface area contributed by atoms with Crippen molar-refractivity contribution in [1.82, 2.24) is 5.32 Å². The van der Waals surface area contributed by atoms with Crippen LogP contribution in [0.15, 0.2) is 24.3 Å². The molecule has 96 valence electrons. The van der Waals surface area contributed by atoms with Crippen molar-refractivity contribution in [3.05, 3.63) is 29.8 Å². The Morgan fingerprint density at radius 2 is 1.76 bits per heavy atom. The third kappa shape index (κ3) is 5.28. The summed E-state index contributed by atoms with van der Waals surface area (Å²) in [5.41, 5.74) is 1.39. The number of thioether (sulfide) groups is 1. The molecule has 1 nitrogen and oxygen atoms in total. The van der Waals surface area contributed by atoms with Crippen molar-refractivity contribution in [3.8, 4) is 0 Å². The zero-order valence-corrected chi connectivity index (χ0v) is 13.5. The lowest BCUT2D eigenvalue weighted by Gasteiger charge is -2.17. The van der Waals surface area contributed by atoms with Gasteiger partial charge in [-0.2, -0.15) is 11.8 Å². The van der Waals surface area contributed by atoms with Crippen molar-refractivity contribution in [3.63, 3.8) is 0 Å². The topological polar surface area (TPSA) is 12.0 Å². The van der Waals surface area contributed by atoms with E-state index in [0.717, 1.165) is 6.54 Å². The Morgan fingerprint density at radius 3 is 2.24 bits per heavy atom. The number of nitrogens with one attached hydrogen (secondary N) is 1. The van der Waals surface area contributed by atoms with Gasteiger partial charge in [0.15, 0.2) is 0 Å². The predicted molar refractivity (Wildman–Crippen MR) is 84.1 cm³/mol. The van der Waals surface area contributed by atoms with E-state index in [1.807, 2.05) is 11.8 Å². The van der Waals surface area contributed by atoms with Crippen LogP contribution in [-0.2, 0) is 6.54 Å². The van der Waals surface area contributed by atoms with E-state index >= 15 is 0 Å². The molecular formula is C14H25NSSi. The second-order valence-electron chi connectivity index (χ2n) is 5.68. The minimum Gasteiger partial charge on any atom is -0.309 e. The van der Waals surface area contributed by atoms with E-state index in [4.69, 9.17) is 0 Å². The van der Waals surface area contributed by atoms with Crippen molar-refractivity contribution in [1.29, 1.82) is 0 Å². The molecule has 0 aromatic heterocycles. The standard InChI is InChI=1S/C14H25NSSi/c1-12(11-16-2)15-10-13-6-8-14(9-7-13)17(3,4)5/h6-9,12,15H,10-11H2,1-5H3. The first-order chi connectivity index (χ1) is 7.93. The summed E-state index contributed by atoms with van der Waals surface area (Å²) in [5.74, 6) is 1.17. The van der Waals surface area contributed by atoms with Gasteiger partial charge in [-0.25, -0.2) is 0 Å². The molecule has 0 aliphatic carbocycles. The molecule has 0 saturated carbocycles. The Hall–Kier alpha value is -0.253. The van der Waals surface area contributed by atoms with Crippen LogP contribution in [0.1, 0.15) is 12.5 Å². The Kier molecular flexibility index (Phi) is 5.76. The molecule has 0 amide bonds. The van der Waals surface area contributed by atoms with Gasteiger partial charge in [-0.3, -0.25) is 0 Å². The summed E-state index contributed by atoms with van der Waals surface area (Å²) >= 11 is 1.89. The van der Waals surface area contributed by atoms with Gasteiger partial charge < -0.3 is 5.32 Å². The van der Waals surface area contributed by atoms with E-state index < -0.39 is 8.07 Å². The van der Waals surface area contributed by atoms with Gasteiger partial charge in [-0.15, -0.1) is 0 Å². The van der Waals surface area contributed by atoms with Gasteiger partial charge in [0.2, 0.25) is 0 Å². The molecule has 1 aromatic rings. The second-order valence-corrected chi connectivity index (χ2v) is 11.7. The third-order valence-electron chi connectivity index (χ3n) is 2.89. The highest BCUT2D eigenvalue weighted by molar-refractivity contribution is 7.98. The van der Waals surface area contributed by atoms with E-state index in [9.17, 15) is 0 Å². The third-order valence-corrected chi connectivity index (χ3v) is 5.79. The molecule has 0 aliphatic rings. The lowest BCUT2D eigenvalue weighted by atomic mass is 10.2. The van der Waals surface area contributed by atoms with Gasteiger partial charge >= 0.3 is 0 Å². The van der Waals surface area contributed by atoms with E-state index in [1.165, 1.54) is 11.3 Å². The normalized spacial score (nSPS) is 13.7. The van der Waals surface area contributed by atoms with Gasteiger partial charge in [0.05, 0.1) is 8.07 Å². The Labute approximate surface area is 111 Å². The van der Waals surface area contributed by atoms with Gasteiger partial charge in [0, 0.05) is 18.3 Å². The Bertz CT molecular complexity index is 329. The van der Waals surface area contributed by atoms with Gasteiger partial charge in [0.25, 0.3) is 0 Å². The lowest BCUT2D eigenvalue weighted by molar-refractivity contribution is 0.596. The second kappa shape index (κ2) is 6.62. The highest BCUT2D eigenvalue weighted by atomic mass is 32.2. The maximum Gasteiger partial charge on any atom is 0.0775 e. The Balaban J connectivity index is 2.51. The highest BCUT2D eigenvalue weighted by Crippen LogP contribution is 2.05. The molecule has 3 heteroatoms. The van der Waals surface area contributed by atoms with Crippen LogP contribution >= 0.6 is 11.8 Å². The molecule has 1 atom stereocenters. The van der Waals surface area contributed by atoms with Crippen molar-refractivity contribution in [2.45, 2.75) is 39.2 Å². The molecule has 1 rings (SSSR count). The first kappa shape index (κ1) is 14.8. The molecule has 0 saturated heterocycles. The largest absolute Gasteiger partial charge is 0.309 e. The molecule has 0 heterocycles. The van der Waals surface area contributed by atoms with Crippen LogP contribution in [0.2, 0.25) is 19.6 Å². The van der Waals surface area contributed by atoms with Crippen LogP contribution in [0.3, 0.4) is 0 Å². The minimum atomic E-state index is -1.14. The van der Waals surface area contributed by atoms with Crippen LogP contribution in [0, 0.1) is 0 Å². The molecule has 0 aliphatic heterocycles. The fourth-order valence-corrected chi connectivity index (χ4v) is 3.51. The summed E-state index contributed by atoms with van der Waals surface area (Å²) in [4.78, 5) is 0. The van der Waals surface area contributed by atoms with Crippen LogP contribution in [0.5, 0.6) is 0 Å². The zero-order valence-electron chi connectivity index (χ0n) is 11.7. The summed E-state index contributed by atoms with van der Waals surface area (Å²) in [6.45, 7) is 10.4. The molecule has 17 heavy (non-hydrogen) atoms. The first-order valence-electron chi connectivity index (χ1n) is 6.25. The number of hydrogen-bond acceptors (Lipinski definition) is 2. The van der Waals surface area contributed by atoms with Crippen molar-refractivity contribution in [2.75, 3.05) is 12.0 Å². The fraction of sp³-hybridized carbons (Fsp3) is 0.571. The van der Waals surface area contributed by atoms with E-state index in [-0.39, 0.29) is 0 Å². The quantitative estimate of drug-likeness (QED) is 0.795. The average Bonchev–Trinajstić information content (AvgIpc) is 2.26.